The lowest BCUT2D eigenvalue weighted by molar-refractivity contribution is 0.0270. The number of nitrogens with one attached hydrogen (secondary N) is 1. The van der Waals surface area contributed by atoms with E-state index in [0.717, 1.165) is 30.3 Å². The van der Waals surface area contributed by atoms with E-state index in [-0.39, 0.29) is 0 Å². The Morgan fingerprint density at radius 1 is 1.24 bits per heavy atom. The van der Waals surface area contributed by atoms with Crippen molar-refractivity contribution in [3.8, 4) is 5.75 Å². The predicted octanol–water partition coefficient (Wildman–Crippen LogP) is 2.84. The lowest BCUT2D eigenvalue weighted by Gasteiger charge is -2.49. The molecule has 1 N–H and O–H groups in total. The smallest absolute Gasteiger partial charge is 0.119 e. The van der Waals surface area contributed by atoms with Crippen molar-refractivity contribution in [3.63, 3.8) is 0 Å². The average Bonchev–Trinajstić information content (AvgIpc) is 2.52. The van der Waals surface area contributed by atoms with Crippen molar-refractivity contribution < 1.29 is 4.74 Å². The molecule has 3 heteroatoms. The predicted molar refractivity (Wildman–Crippen MR) is 86.9 cm³/mol. The molecule has 0 amide bonds. The molecule has 2 saturated heterocycles. The van der Waals surface area contributed by atoms with Gasteiger partial charge in [-0.1, -0.05) is 18.6 Å². The number of methoxy groups -OCH3 is 1. The maximum atomic E-state index is 5.33. The molecule has 0 saturated carbocycles. The van der Waals surface area contributed by atoms with Crippen LogP contribution in [0.25, 0.3) is 0 Å². The van der Waals surface area contributed by atoms with E-state index >= 15 is 0 Å². The first-order chi connectivity index (χ1) is 10.3. The summed E-state index contributed by atoms with van der Waals surface area (Å²) in [6.45, 7) is 1.19. The van der Waals surface area contributed by atoms with E-state index in [1.54, 1.807) is 7.11 Å². The van der Waals surface area contributed by atoms with Gasteiger partial charge < -0.3 is 10.1 Å². The fourth-order valence-electron chi connectivity index (χ4n) is 4.17. The van der Waals surface area contributed by atoms with Crippen LogP contribution in [-0.2, 0) is 6.42 Å². The van der Waals surface area contributed by atoms with E-state index in [0.29, 0.717) is 0 Å². The quantitative estimate of drug-likeness (QED) is 0.901. The SMILES string of the molecule is CNC1CC2CCCC(C1)N2CCc1cccc(OC)c1. The summed E-state index contributed by atoms with van der Waals surface area (Å²) < 4.78 is 5.33. The molecule has 2 heterocycles. The van der Waals surface area contributed by atoms with Crippen LogP contribution in [0.4, 0.5) is 0 Å². The topological polar surface area (TPSA) is 24.5 Å². The monoisotopic (exact) mass is 288 g/mol. The second kappa shape index (κ2) is 6.80. The summed E-state index contributed by atoms with van der Waals surface area (Å²) >= 11 is 0. The van der Waals surface area contributed by atoms with Gasteiger partial charge >= 0.3 is 0 Å². The van der Waals surface area contributed by atoms with Crippen LogP contribution in [0.1, 0.15) is 37.7 Å². The number of benzene rings is 1. The van der Waals surface area contributed by atoms with Crippen LogP contribution in [0.15, 0.2) is 24.3 Å². The molecule has 3 rings (SSSR count). The minimum Gasteiger partial charge on any atom is -0.497 e. The molecule has 2 unspecified atom stereocenters. The van der Waals surface area contributed by atoms with Gasteiger partial charge in [0.15, 0.2) is 0 Å². The lowest BCUT2D eigenvalue weighted by Crippen LogP contribution is -2.56. The summed E-state index contributed by atoms with van der Waals surface area (Å²) in [7, 11) is 3.86. The van der Waals surface area contributed by atoms with Crippen molar-refractivity contribution in [2.45, 2.75) is 56.7 Å². The first-order valence-corrected chi connectivity index (χ1v) is 8.36. The van der Waals surface area contributed by atoms with Crippen LogP contribution in [0.3, 0.4) is 0 Å². The molecule has 2 aliphatic heterocycles. The zero-order chi connectivity index (χ0) is 14.7. The van der Waals surface area contributed by atoms with Crippen LogP contribution in [0.2, 0.25) is 0 Å². The van der Waals surface area contributed by atoms with Crippen LogP contribution in [0, 0.1) is 0 Å². The normalized spacial score (nSPS) is 29.3. The molecule has 0 aliphatic carbocycles. The molecule has 0 radical (unpaired) electrons. The Bertz CT molecular complexity index is 448. The Morgan fingerprint density at radius 3 is 2.67 bits per heavy atom. The van der Waals surface area contributed by atoms with Gasteiger partial charge in [-0.25, -0.2) is 0 Å². The van der Waals surface area contributed by atoms with Gasteiger partial charge in [0, 0.05) is 24.7 Å². The lowest BCUT2D eigenvalue weighted by atomic mass is 9.81. The van der Waals surface area contributed by atoms with Crippen LogP contribution < -0.4 is 10.1 Å². The Kier molecular flexibility index (Phi) is 4.81. The number of piperidine rings is 2. The number of hydrogen-bond acceptors (Lipinski definition) is 3. The van der Waals surface area contributed by atoms with E-state index in [1.165, 1.54) is 44.2 Å². The molecular weight excluding hydrogens is 260 g/mol. The standard InChI is InChI=1S/C18H28N2O/c1-19-15-12-16-6-4-7-17(13-15)20(16)10-9-14-5-3-8-18(11-14)21-2/h3,5,8,11,15-17,19H,4,6-7,9-10,12-13H2,1-2H3. The molecule has 2 bridgehead atoms. The molecule has 0 aromatic heterocycles. The Morgan fingerprint density at radius 2 is 2.00 bits per heavy atom. The highest BCUT2D eigenvalue weighted by molar-refractivity contribution is 5.28. The number of ether oxygens (including phenoxy) is 1. The molecule has 2 fully saturated rings. The van der Waals surface area contributed by atoms with Crippen molar-refractivity contribution in [2.75, 3.05) is 20.7 Å². The fourth-order valence-corrected chi connectivity index (χ4v) is 4.17. The zero-order valence-corrected chi connectivity index (χ0v) is 13.3. The van der Waals surface area contributed by atoms with Gasteiger partial charge in [0.25, 0.3) is 0 Å². The van der Waals surface area contributed by atoms with Crippen LogP contribution >= 0.6 is 0 Å². The first-order valence-electron chi connectivity index (χ1n) is 8.36. The molecule has 2 atom stereocenters. The van der Waals surface area contributed by atoms with E-state index in [4.69, 9.17) is 4.74 Å². The fraction of sp³-hybridized carbons (Fsp3) is 0.667. The highest BCUT2D eigenvalue weighted by Gasteiger charge is 2.37. The van der Waals surface area contributed by atoms with Gasteiger partial charge in [-0.2, -0.15) is 0 Å². The van der Waals surface area contributed by atoms with Crippen molar-refractivity contribution >= 4 is 0 Å². The molecule has 3 nitrogen and oxygen atoms in total. The van der Waals surface area contributed by atoms with Gasteiger partial charge in [-0.3, -0.25) is 4.90 Å². The molecule has 21 heavy (non-hydrogen) atoms. The largest absolute Gasteiger partial charge is 0.497 e. The molecule has 2 aliphatic rings. The number of rotatable bonds is 5. The summed E-state index contributed by atoms with van der Waals surface area (Å²) in [6, 6.07) is 10.8. The molecular formula is C18H28N2O. The minimum absolute atomic E-state index is 0.730. The van der Waals surface area contributed by atoms with E-state index in [2.05, 4.69) is 35.5 Å². The summed E-state index contributed by atoms with van der Waals surface area (Å²) in [5.41, 5.74) is 1.39. The third-order valence-electron chi connectivity index (χ3n) is 5.33. The summed E-state index contributed by atoms with van der Waals surface area (Å²) in [6.07, 6.45) is 7.96. The molecule has 1 aromatic carbocycles. The van der Waals surface area contributed by atoms with Crippen LogP contribution in [-0.4, -0.2) is 43.7 Å². The summed E-state index contributed by atoms with van der Waals surface area (Å²) in [5, 5.41) is 3.50. The van der Waals surface area contributed by atoms with Crippen molar-refractivity contribution in [1.29, 1.82) is 0 Å². The maximum Gasteiger partial charge on any atom is 0.119 e. The van der Waals surface area contributed by atoms with Crippen molar-refractivity contribution in [1.82, 2.24) is 10.2 Å². The maximum absolute atomic E-state index is 5.33. The highest BCUT2D eigenvalue weighted by atomic mass is 16.5. The second-order valence-corrected chi connectivity index (χ2v) is 6.53. The number of fused-ring (bicyclic) bond motifs is 2. The van der Waals surface area contributed by atoms with E-state index in [1.807, 2.05) is 6.07 Å². The Hall–Kier alpha value is -1.06. The minimum atomic E-state index is 0.730. The van der Waals surface area contributed by atoms with Gasteiger partial charge in [-0.05, 0) is 56.8 Å². The van der Waals surface area contributed by atoms with Gasteiger partial charge in [0.1, 0.15) is 5.75 Å². The molecule has 116 valence electrons. The van der Waals surface area contributed by atoms with Crippen LogP contribution in [0.5, 0.6) is 5.75 Å². The Balaban J connectivity index is 1.62. The van der Waals surface area contributed by atoms with Gasteiger partial charge in [0.2, 0.25) is 0 Å². The first kappa shape index (κ1) is 14.9. The average molecular weight is 288 g/mol. The molecule has 1 aromatic rings. The number of hydrogen-bond donors (Lipinski definition) is 1. The summed E-state index contributed by atoms with van der Waals surface area (Å²) in [4.78, 5) is 2.79. The third kappa shape index (κ3) is 3.41. The van der Waals surface area contributed by atoms with Crippen molar-refractivity contribution in [3.05, 3.63) is 29.8 Å². The Labute approximate surface area is 128 Å². The van der Waals surface area contributed by atoms with E-state index in [9.17, 15) is 0 Å². The second-order valence-electron chi connectivity index (χ2n) is 6.53. The van der Waals surface area contributed by atoms with Crippen molar-refractivity contribution in [2.24, 2.45) is 0 Å². The third-order valence-corrected chi connectivity index (χ3v) is 5.33. The highest BCUT2D eigenvalue weighted by Crippen LogP contribution is 2.34. The zero-order valence-electron chi connectivity index (χ0n) is 13.3. The van der Waals surface area contributed by atoms with Gasteiger partial charge in [-0.15, -0.1) is 0 Å². The molecule has 0 spiro atoms. The number of nitrogens with zero attached hydrogens (tertiary/aromatic N) is 1. The van der Waals surface area contributed by atoms with E-state index < -0.39 is 0 Å². The summed E-state index contributed by atoms with van der Waals surface area (Å²) in [5.74, 6) is 0.974. The van der Waals surface area contributed by atoms with Gasteiger partial charge in [0.05, 0.1) is 7.11 Å².